The van der Waals surface area contributed by atoms with E-state index in [-0.39, 0.29) is 0 Å². The van der Waals surface area contributed by atoms with E-state index in [0.717, 1.165) is 43.7 Å². The van der Waals surface area contributed by atoms with Crippen LogP contribution in [0.4, 0.5) is 0 Å². The van der Waals surface area contributed by atoms with Gasteiger partial charge in [-0.05, 0) is 91.6 Å². The van der Waals surface area contributed by atoms with Crippen LogP contribution in [-0.2, 0) is 0 Å². The Morgan fingerprint density at radius 1 is 0.442 bits per heavy atom. The van der Waals surface area contributed by atoms with Gasteiger partial charge >= 0.3 is 0 Å². The molecule has 3 heteroatoms. The van der Waals surface area contributed by atoms with Crippen molar-refractivity contribution in [3.05, 3.63) is 146 Å². The van der Waals surface area contributed by atoms with Crippen LogP contribution in [0.15, 0.2) is 150 Å². The molecule has 2 heterocycles. The van der Waals surface area contributed by atoms with Gasteiger partial charge < -0.3 is 4.42 Å². The molecule has 43 heavy (non-hydrogen) atoms. The molecule has 0 aliphatic carbocycles. The van der Waals surface area contributed by atoms with E-state index < -0.39 is 0 Å². The fourth-order valence-electron chi connectivity index (χ4n) is 6.39. The summed E-state index contributed by atoms with van der Waals surface area (Å²) in [7, 11) is 0. The zero-order chi connectivity index (χ0) is 28.3. The molecule has 0 radical (unpaired) electrons. The molecular formula is C40H24N2O. The number of rotatable bonds is 3. The molecule has 0 bridgehead atoms. The van der Waals surface area contributed by atoms with Gasteiger partial charge in [0, 0.05) is 22.5 Å². The van der Waals surface area contributed by atoms with Gasteiger partial charge in [0.2, 0.25) is 5.89 Å². The first-order valence-electron chi connectivity index (χ1n) is 14.5. The van der Waals surface area contributed by atoms with Gasteiger partial charge in [-0.2, -0.15) is 0 Å². The van der Waals surface area contributed by atoms with E-state index in [0.29, 0.717) is 5.89 Å². The zero-order valence-corrected chi connectivity index (χ0v) is 23.2. The van der Waals surface area contributed by atoms with Crippen LogP contribution in [0.1, 0.15) is 0 Å². The minimum absolute atomic E-state index is 0.618. The zero-order valence-electron chi connectivity index (χ0n) is 23.2. The summed E-state index contributed by atoms with van der Waals surface area (Å²) in [6.45, 7) is 0. The quantitative estimate of drug-likeness (QED) is 0.206. The van der Waals surface area contributed by atoms with Gasteiger partial charge in [0.15, 0.2) is 5.58 Å². The largest absolute Gasteiger partial charge is 0.435 e. The maximum atomic E-state index is 6.51. The Hall–Kier alpha value is -5.80. The van der Waals surface area contributed by atoms with Crippen LogP contribution in [-0.4, -0.2) is 9.97 Å². The third kappa shape index (κ3) is 3.90. The summed E-state index contributed by atoms with van der Waals surface area (Å²) in [5.41, 5.74) is 8.41. The molecule has 7 aromatic carbocycles. The smallest absolute Gasteiger partial charge is 0.227 e. The SMILES string of the molecule is c1cc(-c2ccc3c(ccc4ccc5nc(-c6ccc7ncccc7c6)oc5c43)c2)cc(-c2cccc3ccccc23)c1. The second-order valence-corrected chi connectivity index (χ2v) is 11.1. The Kier molecular flexibility index (Phi) is 5.20. The van der Waals surface area contributed by atoms with Gasteiger partial charge in [0.1, 0.15) is 5.52 Å². The van der Waals surface area contributed by atoms with E-state index in [4.69, 9.17) is 9.40 Å². The number of benzene rings is 7. The van der Waals surface area contributed by atoms with Crippen molar-refractivity contribution < 1.29 is 4.42 Å². The van der Waals surface area contributed by atoms with Crippen molar-refractivity contribution in [1.29, 1.82) is 0 Å². The van der Waals surface area contributed by atoms with Crippen LogP contribution in [0.5, 0.6) is 0 Å². The predicted octanol–water partition coefficient (Wildman–Crippen LogP) is 10.8. The summed E-state index contributed by atoms with van der Waals surface area (Å²) < 4.78 is 6.51. The van der Waals surface area contributed by atoms with Gasteiger partial charge in [-0.1, -0.05) is 97.1 Å². The summed E-state index contributed by atoms with van der Waals surface area (Å²) >= 11 is 0. The number of fused-ring (bicyclic) bond motifs is 7. The van der Waals surface area contributed by atoms with Crippen molar-refractivity contribution in [2.75, 3.05) is 0 Å². The minimum Gasteiger partial charge on any atom is -0.435 e. The molecule has 0 spiro atoms. The first kappa shape index (κ1) is 23.9. The van der Waals surface area contributed by atoms with E-state index >= 15 is 0 Å². The predicted molar refractivity (Wildman–Crippen MR) is 178 cm³/mol. The van der Waals surface area contributed by atoms with Crippen LogP contribution in [0.25, 0.3) is 88.0 Å². The van der Waals surface area contributed by atoms with Crippen molar-refractivity contribution in [1.82, 2.24) is 9.97 Å². The lowest BCUT2D eigenvalue weighted by Gasteiger charge is -2.11. The second kappa shape index (κ2) is 9.37. The molecule has 9 aromatic rings. The highest BCUT2D eigenvalue weighted by molar-refractivity contribution is 6.18. The van der Waals surface area contributed by atoms with Crippen molar-refractivity contribution in [2.45, 2.75) is 0 Å². The molecule has 2 aromatic heterocycles. The van der Waals surface area contributed by atoms with Gasteiger partial charge in [-0.3, -0.25) is 4.98 Å². The molecule has 0 aliphatic rings. The molecule has 0 unspecified atom stereocenters. The van der Waals surface area contributed by atoms with Crippen molar-refractivity contribution >= 4 is 54.3 Å². The molecule has 0 amide bonds. The number of nitrogens with zero attached hydrogens (tertiary/aromatic N) is 2. The molecule has 0 atom stereocenters. The van der Waals surface area contributed by atoms with Crippen LogP contribution < -0.4 is 0 Å². The number of aromatic nitrogens is 2. The van der Waals surface area contributed by atoms with E-state index in [9.17, 15) is 0 Å². The summed E-state index contributed by atoms with van der Waals surface area (Å²) in [6.07, 6.45) is 1.81. The lowest BCUT2D eigenvalue weighted by atomic mass is 9.93. The van der Waals surface area contributed by atoms with Gasteiger partial charge in [-0.15, -0.1) is 0 Å². The normalized spacial score (nSPS) is 11.7. The van der Waals surface area contributed by atoms with Crippen molar-refractivity contribution in [3.63, 3.8) is 0 Å². The molecule has 0 fully saturated rings. The fourth-order valence-corrected chi connectivity index (χ4v) is 6.39. The summed E-state index contributed by atoms with van der Waals surface area (Å²) in [6, 6.07) is 49.4. The van der Waals surface area contributed by atoms with Crippen LogP contribution in [0.2, 0.25) is 0 Å². The molecule has 0 N–H and O–H groups in total. The Labute approximate surface area is 247 Å². The first-order valence-corrected chi connectivity index (χ1v) is 14.5. The summed E-state index contributed by atoms with van der Waals surface area (Å²) in [5.74, 6) is 0.618. The van der Waals surface area contributed by atoms with Crippen LogP contribution in [0, 0.1) is 0 Å². The first-order chi connectivity index (χ1) is 21.3. The third-order valence-electron chi connectivity index (χ3n) is 8.50. The van der Waals surface area contributed by atoms with Crippen molar-refractivity contribution in [3.8, 4) is 33.7 Å². The van der Waals surface area contributed by atoms with Gasteiger partial charge in [-0.25, -0.2) is 4.98 Å². The molecule has 200 valence electrons. The fraction of sp³-hybridized carbons (Fsp3) is 0. The highest BCUT2D eigenvalue weighted by atomic mass is 16.3. The molecular weight excluding hydrogens is 524 g/mol. The summed E-state index contributed by atoms with van der Waals surface area (Å²) in [4.78, 5) is 9.33. The van der Waals surface area contributed by atoms with E-state index in [1.807, 2.05) is 30.5 Å². The lowest BCUT2D eigenvalue weighted by molar-refractivity contribution is 0.623. The van der Waals surface area contributed by atoms with Crippen LogP contribution >= 0.6 is 0 Å². The number of pyridine rings is 1. The molecule has 3 nitrogen and oxygen atoms in total. The average Bonchev–Trinajstić information content (AvgIpc) is 3.52. The minimum atomic E-state index is 0.618. The monoisotopic (exact) mass is 548 g/mol. The Morgan fingerprint density at radius 3 is 2.19 bits per heavy atom. The van der Waals surface area contributed by atoms with E-state index in [2.05, 4.69) is 120 Å². The number of hydrogen-bond acceptors (Lipinski definition) is 3. The van der Waals surface area contributed by atoms with E-state index in [1.54, 1.807) is 0 Å². The lowest BCUT2D eigenvalue weighted by Crippen LogP contribution is -1.85. The maximum Gasteiger partial charge on any atom is 0.227 e. The van der Waals surface area contributed by atoms with Gasteiger partial charge in [0.25, 0.3) is 0 Å². The topological polar surface area (TPSA) is 38.9 Å². The average molecular weight is 549 g/mol. The van der Waals surface area contributed by atoms with Gasteiger partial charge in [0.05, 0.1) is 5.52 Å². The highest BCUT2D eigenvalue weighted by Crippen LogP contribution is 2.37. The molecule has 0 aliphatic heterocycles. The Balaban J connectivity index is 1.17. The second-order valence-electron chi connectivity index (χ2n) is 11.1. The van der Waals surface area contributed by atoms with Crippen molar-refractivity contribution in [2.24, 2.45) is 0 Å². The Bertz CT molecular complexity index is 2520. The molecule has 0 saturated carbocycles. The standard InChI is InChI=1S/C40H24N2O/c1-2-11-33-25(6-1)7-4-12-34(33)29-9-3-8-27(22-29)28-15-18-35-30(23-28)14-13-26-16-20-37-39(38(26)35)43-40(42-37)32-17-19-36-31(24-32)10-5-21-41-36/h1-24H. The Morgan fingerprint density at radius 2 is 1.19 bits per heavy atom. The molecule has 0 saturated heterocycles. The molecule has 9 rings (SSSR count). The maximum absolute atomic E-state index is 6.51. The third-order valence-corrected chi connectivity index (χ3v) is 8.50. The highest BCUT2D eigenvalue weighted by Gasteiger charge is 2.15. The van der Waals surface area contributed by atoms with Crippen LogP contribution in [0.3, 0.4) is 0 Å². The summed E-state index contributed by atoms with van der Waals surface area (Å²) in [5, 5.41) is 8.13. The number of oxazole rings is 1. The van der Waals surface area contributed by atoms with E-state index in [1.165, 1.54) is 38.4 Å². The number of hydrogen-bond donors (Lipinski definition) is 0.